The number of anilines is 2. The van der Waals surface area contributed by atoms with Crippen molar-refractivity contribution >= 4 is 43.3 Å². The molecule has 0 saturated carbocycles. The first-order chi connectivity index (χ1) is 30.3. The van der Waals surface area contributed by atoms with Crippen LogP contribution in [0.2, 0.25) is 0 Å². The van der Waals surface area contributed by atoms with Gasteiger partial charge in [-0.3, -0.25) is 4.79 Å². The molecule has 0 aromatic heterocycles. The Balaban J connectivity index is 1.14. The predicted molar refractivity (Wildman–Crippen MR) is 243 cm³/mol. The second kappa shape index (κ2) is 19.8. The van der Waals surface area contributed by atoms with Crippen LogP contribution in [0.5, 0.6) is 5.75 Å². The highest BCUT2D eigenvalue weighted by Gasteiger charge is 2.31. The number of nitrogens with zero attached hydrogens (tertiary/aromatic N) is 3. The van der Waals surface area contributed by atoms with Gasteiger partial charge in [0, 0.05) is 37.6 Å². The minimum absolute atomic E-state index is 0.0454. The van der Waals surface area contributed by atoms with E-state index in [1.807, 2.05) is 91.9 Å². The molecule has 12 nitrogen and oxygen atoms in total. The molecular formula is C49H50N4O8S2. The zero-order chi connectivity index (χ0) is 44.6. The maximum atomic E-state index is 14.4. The fourth-order valence-electron chi connectivity index (χ4n) is 7.37. The highest BCUT2D eigenvalue weighted by atomic mass is 32.2. The van der Waals surface area contributed by atoms with Gasteiger partial charge in [0.2, 0.25) is 26.0 Å². The number of hydrogen-bond acceptors (Lipinski definition) is 9. The van der Waals surface area contributed by atoms with Crippen LogP contribution in [-0.2, 0) is 49.3 Å². The van der Waals surface area contributed by atoms with Crippen molar-refractivity contribution in [1.29, 1.82) is 0 Å². The number of sulfonamides is 2. The molecular weight excluding hydrogens is 837 g/mol. The van der Waals surface area contributed by atoms with Crippen LogP contribution < -0.4 is 15.4 Å². The van der Waals surface area contributed by atoms with Gasteiger partial charge in [-0.15, -0.1) is 0 Å². The average molecular weight is 887 g/mol. The number of piperidine rings is 1. The van der Waals surface area contributed by atoms with E-state index < -0.39 is 38.5 Å². The van der Waals surface area contributed by atoms with E-state index in [2.05, 4.69) is 0 Å². The monoisotopic (exact) mass is 886 g/mol. The lowest BCUT2D eigenvalue weighted by Crippen LogP contribution is -2.41. The molecule has 1 aliphatic heterocycles. The molecule has 1 aliphatic rings. The summed E-state index contributed by atoms with van der Waals surface area (Å²) >= 11 is 0. The van der Waals surface area contributed by atoms with Gasteiger partial charge in [-0.1, -0.05) is 103 Å². The van der Waals surface area contributed by atoms with Gasteiger partial charge in [-0.25, -0.2) is 21.6 Å². The summed E-state index contributed by atoms with van der Waals surface area (Å²) in [6, 6.07) is 44.0. The molecule has 0 unspecified atom stereocenters. The van der Waals surface area contributed by atoms with Crippen LogP contribution in [-0.4, -0.2) is 64.0 Å². The zero-order valence-corrected chi connectivity index (χ0v) is 36.8. The molecule has 0 aliphatic carbocycles. The van der Waals surface area contributed by atoms with Crippen molar-refractivity contribution in [2.45, 2.75) is 55.2 Å². The lowest BCUT2D eigenvalue weighted by atomic mass is 9.90. The summed E-state index contributed by atoms with van der Waals surface area (Å²) in [5, 5.41) is 0. The number of nitrogens with two attached hydrogens (primary N) is 1. The summed E-state index contributed by atoms with van der Waals surface area (Å²) in [5.74, 6) is -0.818. The van der Waals surface area contributed by atoms with E-state index in [0.29, 0.717) is 37.3 Å². The van der Waals surface area contributed by atoms with E-state index in [1.165, 1.54) is 40.5 Å². The number of amides is 1. The van der Waals surface area contributed by atoms with Crippen LogP contribution in [0.15, 0.2) is 161 Å². The number of ether oxygens (including phenoxy) is 2. The smallest absolute Gasteiger partial charge is 0.342 e. The van der Waals surface area contributed by atoms with E-state index >= 15 is 0 Å². The van der Waals surface area contributed by atoms with Gasteiger partial charge >= 0.3 is 5.97 Å². The molecule has 0 atom stereocenters. The zero-order valence-electron chi connectivity index (χ0n) is 35.2. The van der Waals surface area contributed by atoms with Crippen molar-refractivity contribution in [2.24, 2.45) is 0 Å². The lowest BCUT2D eigenvalue weighted by molar-refractivity contribution is -0.118. The van der Waals surface area contributed by atoms with Gasteiger partial charge in [0.05, 0.1) is 22.9 Å². The molecule has 6 aromatic carbocycles. The number of hydrogen-bond donors (Lipinski definition) is 1. The molecule has 1 amide bonds. The van der Waals surface area contributed by atoms with Crippen molar-refractivity contribution in [3.63, 3.8) is 0 Å². The molecule has 63 heavy (non-hydrogen) atoms. The fraction of sp³-hybridized carbons (Fsp3) is 0.224. The van der Waals surface area contributed by atoms with Crippen molar-refractivity contribution in [3.05, 3.63) is 185 Å². The molecule has 14 heteroatoms. The Bertz CT molecular complexity index is 2730. The Morgan fingerprint density at radius 3 is 1.90 bits per heavy atom. The molecule has 0 bridgehead atoms. The molecule has 1 fully saturated rings. The Morgan fingerprint density at radius 1 is 0.698 bits per heavy atom. The average Bonchev–Trinajstić information content (AvgIpc) is 3.30. The van der Waals surface area contributed by atoms with E-state index in [-0.39, 0.29) is 46.8 Å². The third kappa shape index (κ3) is 11.0. The number of aryl methyl sites for hydroxylation is 1. The minimum atomic E-state index is -4.03. The number of benzene rings is 6. The van der Waals surface area contributed by atoms with Crippen molar-refractivity contribution < 1.29 is 35.9 Å². The van der Waals surface area contributed by atoms with Crippen LogP contribution in [0.3, 0.4) is 0 Å². The van der Waals surface area contributed by atoms with Gasteiger partial charge in [-0.05, 0) is 96.5 Å². The Hall–Kier alpha value is -6.32. The number of nitrogen functional groups attached to an aromatic ring is 1. The minimum Gasteiger partial charge on any atom is -0.488 e. The molecule has 0 radical (unpaired) electrons. The van der Waals surface area contributed by atoms with Crippen LogP contribution in [0, 0.1) is 6.92 Å². The molecule has 7 rings (SSSR count). The molecule has 0 spiro atoms. The van der Waals surface area contributed by atoms with Gasteiger partial charge < -0.3 is 20.1 Å². The maximum Gasteiger partial charge on any atom is 0.342 e. The summed E-state index contributed by atoms with van der Waals surface area (Å²) < 4.78 is 68.4. The van der Waals surface area contributed by atoms with Gasteiger partial charge in [-0.2, -0.15) is 8.61 Å². The summed E-state index contributed by atoms with van der Waals surface area (Å²) in [4.78, 5) is 29.8. The van der Waals surface area contributed by atoms with E-state index in [1.54, 1.807) is 42.5 Å². The Kier molecular flexibility index (Phi) is 14.1. The van der Waals surface area contributed by atoms with Gasteiger partial charge in [0.25, 0.3) is 0 Å². The van der Waals surface area contributed by atoms with Crippen molar-refractivity contribution in [1.82, 2.24) is 8.61 Å². The lowest BCUT2D eigenvalue weighted by Gasteiger charge is -2.31. The first-order valence-electron chi connectivity index (χ1n) is 20.6. The van der Waals surface area contributed by atoms with Crippen LogP contribution in [0.4, 0.5) is 11.4 Å². The largest absolute Gasteiger partial charge is 0.488 e. The van der Waals surface area contributed by atoms with Crippen molar-refractivity contribution in [3.8, 4) is 5.75 Å². The third-order valence-corrected chi connectivity index (χ3v) is 14.8. The summed E-state index contributed by atoms with van der Waals surface area (Å²) in [6.07, 6.45) is 1.26. The number of esters is 1. The summed E-state index contributed by atoms with van der Waals surface area (Å²) in [6.45, 7) is 2.35. The highest BCUT2D eigenvalue weighted by molar-refractivity contribution is 7.89. The van der Waals surface area contributed by atoms with E-state index in [4.69, 9.17) is 15.2 Å². The molecule has 6 aromatic rings. The predicted octanol–water partition coefficient (Wildman–Crippen LogP) is 7.94. The van der Waals surface area contributed by atoms with Crippen LogP contribution >= 0.6 is 0 Å². The third-order valence-electron chi connectivity index (χ3n) is 11.1. The van der Waals surface area contributed by atoms with Crippen molar-refractivity contribution in [2.75, 3.05) is 37.3 Å². The normalized spacial score (nSPS) is 13.7. The quantitative estimate of drug-likeness (QED) is 0.0753. The first kappa shape index (κ1) is 44.7. The van der Waals surface area contributed by atoms with Gasteiger partial charge in [0.1, 0.15) is 24.5 Å². The SMILES string of the molecule is Cc1ccc(S(=O)(=O)N(C)CC(=O)N(Cc2ccc(C3CCN(S(=O)(=O)c4ccc(N)cc4)CC3)cc2)c2ccc(C(=O)OCc3ccccc3)c(OCc3ccccc3)c2)cc1. The fourth-order valence-corrected chi connectivity index (χ4v) is 9.96. The van der Waals surface area contributed by atoms with Crippen LogP contribution in [0.25, 0.3) is 0 Å². The topological polar surface area (TPSA) is 157 Å². The molecule has 1 saturated heterocycles. The number of likely N-dealkylation sites (N-methyl/N-ethyl adjacent to an activating group) is 1. The maximum absolute atomic E-state index is 14.4. The number of rotatable bonds is 16. The molecule has 326 valence electrons. The van der Waals surface area contributed by atoms with E-state index in [9.17, 15) is 26.4 Å². The Morgan fingerprint density at radius 2 is 1.29 bits per heavy atom. The summed E-state index contributed by atoms with van der Waals surface area (Å²) in [7, 11) is -6.32. The van der Waals surface area contributed by atoms with Gasteiger partial charge in [0.15, 0.2) is 0 Å². The number of carbonyl (C=O) groups is 2. The standard InChI is InChI=1S/C49H50N4O8S2/c1-36-13-22-44(23-14-36)62(56,57)51(2)33-48(54)53(32-37-15-17-40(18-16-37)41-27-29-52(30-28-41)63(58,59)45-24-19-42(50)20-25-45)43-21-26-46(49(55)61-35-39-11-7-4-8-12-39)47(31-43)60-34-38-9-5-3-6-10-38/h3-26,31,41H,27-30,32-35,50H2,1-2H3. The first-order valence-corrected chi connectivity index (χ1v) is 23.5. The second-order valence-electron chi connectivity index (χ2n) is 15.6. The highest BCUT2D eigenvalue weighted by Crippen LogP contribution is 2.33. The number of carbonyl (C=O) groups excluding carboxylic acids is 2. The van der Waals surface area contributed by atoms with Crippen LogP contribution in [0.1, 0.15) is 56.9 Å². The van der Waals surface area contributed by atoms with E-state index in [0.717, 1.165) is 32.1 Å². The summed E-state index contributed by atoms with van der Waals surface area (Å²) in [5.41, 5.74) is 11.2. The second-order valence-corrected chi connectivity index (χ2v) is 19.5. The molecule has 2 N–H and O–H groups in total. The molecule has 1 heterocycles. The Labute approximate surface area is 369 Å².